The molecule has 0 saturated carbocycles. The zero-order valence-electron chi connectivity index (χ0n) is 11.8. The van der Waals surface area contributed by atoms with Crippen LogP contribution in [0.2, 0.25) is 0 Å². The lowest BCUT2D eigenvalue weighted by atomic mass is 9.99. The van der Waals surface area contributed by atoms with Crippen LogP contribution in [0.1, 0.15) is 19.8 Å². The van der Waals surface area contributed by atoms with Crippen molar-refractivity contribution in [2.75, 3.05) is 44.2 Å². The standard InChI is InChI=1S/C15H24N4/c1-15(6-4-8-17-15)13-18-9-11-19(12-10-18)14-5-2-3-7-16-14/h2-3,5,7,17H,4,6,8-13H2,1H3. The molecular weight excluding hydrogens is 236 g/mol. The molecule has 19 heavy (non-hydrogen) atoms. The SMILES string of the molecule is CC1(CN2CCN(c3ccccn3)CC2)CCCN1. The third-order valence-electron chi connectivity index (χ3n) is 4.38. The largest absolute Gasteiger partial charge is 0.354 e. The van der Waals surface area contributed by atoms with Crippen LogP contribution in [0.3, 0.4) is 0 Å². The van der Waals surface area contributed by atoms with Gasteiger partial charge in [-0.3, -0.25) is 4.90 Å². The van der Waals surface area contributed by atoms with Gasteiger partial charge in [-0.05, 0) is 38.4 Å². The van der Waals surface area contributed by atoms with E-state index in [2.05, 4.69) is 39.2 Å². The average molecular weight is 260 g/mol. The van der Waals surface area contributed by atoms with E-state index in [0.29, 0.717) is 5.54 Å². The predicted octanol–water partition coefficient (Wildman–Crippen LogP) is 1.35. The molecule has 2 saturated heterocycles. The first-order valence-corrected chi connectivity index (χ1v) is 7.39. The van der Waals surface area contributed by atoms with Crippen LogP contribution in [-0.2, 0) is 0 Å². The zero-order chi connectivity index (χ0) is 13.1. The number of hydrogen-bond donors (Lipinski definition) is 1. The first-order chi connectivity index (χ1) is 9.25. The van der Waals surface area contributed by atoms with Gasteiger partial charge >= 0.3 is 0 Å². The summed E-state index contributed by atoms with van der Waals surface area (Å²) in [5.41, 5.74) is 0.340. The summed E-state index contributed by atoms with van der Waals surface area (Å²) in [5.74, 6) is 1.12. The topological polar surface area (TPSA) is 31.4 Å². The molecule has 0 spiro atoms. The van der Waals surface area contributed by atoms with Crippen molar-refractivity contribution in [2.24, 2.45) is 0 Å². The van der Waals surface area contributed by atoms with Gasteiger partial charge < -0.3 is 10.2 Å². The minimum absolute atomic E-state index is 0.340. The maximum Gasteiger partial charge on any atom is 0.128 e. The van der Waals surface area contributed by atoms with Crippen LogP contribution in [0.25, 0.3) is 0 Å². The molecule has 1 unspecified atom stereocenters. The van der Waals surface area contributed by atoms with E-state index in [1.54, 1.807) is 0 Å². The van der Waals surface area contributed by atoms with Crippen molar-refractivity contribution >= 4 is 5.82 Å². The van der Waals surface area contributed by atoms with Crippen LogP contribution in [0.4, 0.5) is 5.82 Å². The second kappa shape index (κ2) is 5.47. The number of nitrogens with zero attached hydrogens (tertiary/aromatic N) is 3. The van der Waals surface area contributed by atoms with Gasteiger partial charge in [0.1, 0.15) is 5.82 Å². The van der Waals surface area contributed by atoms with E-state index >= 15 is 0 Å². The molecule has 0 aromatic carbocycles. The summed E-state index contributed by atoms with van der Waals surface area (Å²) in [7, 11) is 0. The van der Waals surface area contributed by atoms with Gasteiger partial charge in [-0.25, -0.2) is 4.98 Å². The third-order valence-corrected chi connectivity index (χ3v) is 4.38. The molecule has 1 aromatic rings. The summed E-state index contributed by atoms with van der Waals surface area (Å²) in [6, 6.07) is 6.15. The lowest BCUT2D eigenvalue weighted by Gasteiger charge is -2.39. The highest BCUT2D eigenvalue weighted by Crippen LogP contribution is 2.21. The first-order valence-electron chi connectivity index (χ1n) is 7.39. The van der Waals surface area contributed by atoms with Gasteiger partial charge in [-0.1, -0.05) is 6.07 Å². The molecule has 0 amide bonds. The van der Waals surface area contributed by atoms with Crippen LogP contribution in [-0.4, -0.2) is 54.7 Å². The summed E-state index contributed by atoms with van der Waals surface area (Å²) in [6.45, 7) is 9.21. The zero-order valence-corrected chi connectivity index (χ0v) is 11.8. The Balaban J connectivity index is 1.52. The van der Waals surface area contributed by atoms with Crippen LogP contribution < -0.4 is 10.2 Å². The first kappa shape index (κ1) is 12.9. The fourth-order valence-electron chi connectivity index (χ4n) is 3.26. The molecule has 2 aliphatic heterocycles. The summed E-state index contributed by atoms with van der Waals surface area (Å²) in [6.07, 6.45) is 4.52. The molecule has 104 valence electrons. The normalized spacial score (nSPS) is 28.8. The third kappa shape index (κ3) is 3.07. The van der Waals surface area contributed by atoms with E-state index in [-0.39, 0.29) is 0 Å². The van der Waals surface area contributed by atoms with Crippen molar-refractivity contribution in [1.29, 1.82) is 0 Å². The van der Waals surface area contributed by atoms with Gasteiger partial charge in [0.15, 0.2) is 0 Å². The Morgan fingerprint density at radius 1 is 1.26 bits per heavy atom. The molecule has 0 radical (unpaired) electrons. The lowest BCUT2D eigenvalue weighted by Crippen LogP contribution is -2.54. The van der Waals surface area contributed by atoms with Crippen LogP contribution in [0.15, 0.2) is 24.4 Å². The summed E-state index contributed by atoms with van der Waals surface area (Å²) < 4.78 is 0. The molecule has 3 rings (SSSR count). The maximum atomic E-state index is 4.44. The van der Waals surface area contributed by atoms with Crippen molar-refractivity contribution in [3.8, 4) is 0 Å². The summed E-state index contributed by atoms with van der Waals surface area (Å²) >= 11 is 0. The van der Waals surface area contributed by atoms with Crippen LogP contribution in [0.5, 0.6) is 0 Å². The van der Waals surface area contributed by atoms with Crippen molar-refractivity contribution in [3.63, 3.8) is 0 Å². The number of nitrogens with one attached hydrogen (secondary N) is 1. The van der Waals surface area contributed by atoms with Gasteiger partial charge in [-0.15, -0.1) is 0 Å². The van der Waals surface area contributed by atoms with Gasteiger partial charge in [0.2, 0.25) is 0 Å². The van der Waals surface area contributed by atoms with E-state index in [1.165, 1.54) is 25.9 Å². The van der Waals surface area contributed by atoms with E-state index < -0.39 is 0 Å². The molecule has 4 nitrogen and oxygen atoms in total. The fourth-order valence-corrected chi connectivity index (χ4v) is 3.26. The number of anilines is 1. The number of hydrogen-bond acceptors (Lipinski definition) is 4. The molecule has 1 N–H and O–H groups in total. The Hall–Kier alpha value is -1.13. The van der Waals surface area contributed by atoms with Crippen molar-refractivity contribution in [3.05, 3.63) is 24.4 Å². The predicted molar refractivity (Wildman–Crippen MR) is 78.5 cm³/mol. The van der Waals surface area contributed by atoms with Gasteiger partial charge in [0.05, 0.1) is 0 Å². The molecule has 4 heteroatoms. The number of aromatic nitrogens is 1. The summed E-state index contributed by atoms with van der Waals surface area (Å²) in [5, 5.41) is 3.66. The highest BCUT2D eigenvalue weighted by molar-refractivity contribution is 5.38. The highest BCUT2D eigenvalue weighted by Gasteiger charge is 2.31. The molecule has 3 heterocycles. The van der Waals surface area contributed by atoms with Crippen molar-refractivity contribution in [2.45, 2.75) is 25.3 Å². The Morgan fingerprint density at radius 3 is 2.74 bits per heavy atom. The molecule has 0 bridgehead atoms. The molecule has 1 atom stereocenters. The van der Waals surface area contributed by atoms with E-state index in [4.69, 9.17) is 0 Å². The fraction of sp³-hybridized carbons (Fsp3) is 0.667. The maximum absolute atomic E-state index is 4.44. The molecule has 2 aliphatic rings. The lowest BCUT2D eigenvalue weighted by molar-refractivity contribution is 0.193. The average Bonchev–Trinajstić information content (AvgIpc) is 2.87. The smallest absolute Gasteiger partial charge is 0.128 e. The highest BCUT2D eigenvalue weighted by atomic mass is 15.3. The van der Waals surface area contributed by atoms with Gasteiger partial charge in [-0.2, -0.15) is 0 Å². The van der Waals surface area contributed by atoms with E-state index in [0.717, 1.165) is 32.0 Å². The Kier molecular flexibility index (Phi) is 3.71. The Morgan fingerprint density at radius 2 is 2.11 bits per heavy atom. The van der Waals surface area contributed by atoms with Gasteiger partial charge in [0.25, 0.3) is 0 Å². The second-order valence-corrected chi connectivity index (χ2v) is 6.04. The Labute approximate surface area is 115 Å². The second-order valence-electron chi connectivity index (χ2n) is 6.04. The number of pyridine rings is 1. The van der Waals surface area contributed by atoms with Gasteiger partial charge in [0, 0.05) is 44.5 Å². The molecular formula is C15H24N4. The quantitative estimate of drug-likeness (QED) is 0.889. The summed E-state index contributed by atoms with van der Waals surface area (Å²) in [4.78, 5) is 9.42. The van der Waals surface area contributed by atoms with Crippen LogP contribution in [0, 0.1) is 0 Å². The molecule has 2 fully saturated rings. The Bertz CT molecular complexity index is 392. The monoisotopic (exact) mass is 260 g/mol. The van der Waals surface area contributed by atoms with Crippen LogP contribution >= 0.6 is 0 Å². The number of rotatable bonds is 3. The minimum Gasteiger partial charge on any atom is -0.354 e. The minimum atomic E-state index is 0.340. The van der Waals surface area contributed by atoms with Crippen molar-refractivity contribution in [1.82, 2.24) is 15.2 Å². The van der Waals surface area contributed by atoms with Crippen molar-refractivity contribution < 1.29 is 0 Å². The number of piperazine rings is 1. The molecule has 1 aromatic heterocycles. The molecule has 0 aliphatic carbocycles. The van der Waals surface area contributed by atoms with E-state index in [9.17, 15) is 0 Å². The van der Waals surface area contributed by atoms with E-state index in [1.807, 2.05) is 12.3 Å².